The minimum atomic E-state index is -4.20. The predicted molar refractivity (Wildman–Crippen MR) is 143 cm³/mol. The van der Waals surface area contributed by atoms with Crippen LogP contribution < -0.4 is 15.3 Å². The topological polar surface area (TPSA) is 180 Å². The standard InChI is InChI=1S/C26H34N5O8P/c1-15(13-36-23(33)24(2,3)4)30-40(35,38-16-9-7-6-8-10-16)39-20-19-26(20,34)22(32)25(5,37-19)18-12-11-17-21(27)28-14-29-31(17)18/h6-12,14-15,19-20,22,32,34H,13H2,1-5H3,(H,30,35)(H2,27,28,29)/t15-,19+,20?,22-,25-,26-,40?/m0/s1. The molecule has 5 rings (SSSR count). The summed E-state index contributed by atoms with van der Waals surface area (Å²) in [6.07, 6.45) is -2.42. The molecule has 1 aliphatic carbocycles. The smallest absolute Gasteiger partial charge is 0.459 e. The number of nitrogens with one attached hydrogen (secondary N) is 1. The average molecular weight is 576 g/mol. The van der Waals surface area contributed by atoms with Crippen molar-refractivity contribution in [1.29, 1.82) is 0 Å². The van der Waals surface area contributed by atoms with Crippen LogP contribution in [-0.2, 0) is 29.0 Å². The van der Waals surface area contributed by atoms with Gasteiger partial charge in [0.2, 0.25) is 0 Å². The van der Waals surface area contributed by atoms with E-state index in [1.54, 1.807) is 77.1 Å². The summed E-state index contributed by atoms with van der Waals surface area (Å²) in [6.45, 7) is 8.33. The minimum Gasteiger partial charge on any atom is -0.464 e. The highest BCUT2D eigenvalue weighted by molar-refractivity contribution is 7.52. The summed E-state index contributed by atoms with van der Waals surface area (Å²) in [5.41, 5.74) is 2.90. The average Bonchev–Trinajstić information content (AvgIpc) is 3.17. The monoisotopic (exact) mass is 575 g/mol. The zero-order valence-electron chi connectivity index (χ0n) is 22.8. The quantitative estimate of drug-likeness (QED) is 0.216. The van der Waals surface area contributed by atoms with Gasteiger partial charge in [-0.15, -0.1) is 0 Å². The number of para-hydroxylation sites is 1. The fraction of sp³-hybridized carbons (Fsp3) is 0.500. The number of esters is 1. The van der Waals surface area contributed by atoms with Gasteiger partial charge < -0.3 is 29.9 Å². The summed E-state index contributed by atoms with van der Waals surface area (Å²) in [6, 6.07) is 11.1. The highest BCUT2D eigenvalue weighted by atomic mass is 31.2. The summed E-state index contributed by atoms with van der Waals surface area (Å²) in [5.74, 6) is 0.0701. The number of aliphatic hydroxyl groups is 2. The second-order valence-corrected chi connectivity index (χ2v) is 13.0. The van der Waals surface area contributed by atoms with Crippen LogP contribution in [0.5, 0.6) is 5.75 Å². The Morgan fingerprint density at radius 2 is 1.98 bits per heavy atom. The van der Waals surface area contributed by atoms with Gasteiger partial charge in [-0.25, -0.2) is 19.2 Å². The number of carbonyl (C=O) groups is 1. The fourth-order valence-corrected chi connectivity index (χ4v) is 6.56. The minimum absolute atomic E-state index is 0.108. The van der Waals surface area contributed by atoms with Gasteiger partial charge in [-0.3, -0.25) is 9.32 Å². The Labute approximate surface area is 231 Å². The van der Waals surface area contributed by atoms with E-state index in [0.717, 1.165) is 0 Å². The van der Waals surface area contributed by atoms with Crippen molar-refractivity contribution in [3.05, 3.63) is 54.5 Å². The van der Waals surface area contributed by atoms with Gasteiger partial charge in [0.05, 0.1) is 11.1 Å². The molecule has 0 amide bonds. The number of benzene rings is 1. The molecule has 3 heterocycles. The van der Waals surface area contributed by atoms with Crippen molar-refractivity contribution < 1.29 is 38.1 Å². The molecule has 1 saturated carbocycles. The Morgan fingerprint density at radius 1 is 1.27 bits per heavy atom. The SMILES string of the molecule is C[C@@H](COC(=O)C(C)(C)C)NP(=O)(Oc1ccccc1)OC1[C@H]2O[C@@](C)(c3ccc4c(N)ncnn34)[C@H](O)[C@@]12O. The normalized spacial score (nSPS) is 29.9. The number of anilines is 1. The highest BCUT2D eigenvalue weighted by Crippen LogP contribution is 2.63. The number of nitrogens with two attached hydrogens (primary N) is 1. The van der Waals surface area contributed by atoms with Gasteiger partial charge in [0, 0.05) is 6.04 Å². The van der Waals surface area contributed by atoms with E-state index in [9.17, 15) is 19.6 Å². The second kappa shape index (κ2) is 9.79. The lowest BCUT2D eigenvalue weighted by atomic mass is 9.91. The zero-order valence-corrected chi connectivity index (χ0v) is 23.7. The van der Waals surface area contributed by atoms with E-state index in [1.165, 1.54) is 10.8 Å². The van der Waals surface area contributed by atoms with E-state index < -0.39 is 54.7 Å². The first-order valence-corrected chi connectivity index (χ1v) is 14.4. The van der Waals surface area contributed by atoms with Crippen LogP contribution in [0.15, 0.2) is 48.8 Å². The van der Waals surface area contributed by atoms with Crippen molar-refractivity contribution in [1.82, 2.24) is 19.7 Å². The summed E-state index contributed by atoms with van der Waals surface area (Å²) in [5, 5.41) is 29.7. The maximum atomic E-state index is 14.0. The number of fused-ring (bicyclic) bond motifs is 2. The molecule has 14 heteroatoms. The van der Waals surface area contributed by atoms with Crippen LogP contribution in [0, 0.1) is 5.41 Å². The number of nitrogens with zero attached hydrogens (tertiary/aromatic N) is 3. The molecule has 216 valence electrons. The Morgan fingerprint density at radius 3 is 2.60 bits per heavy atom. The Bertz CT molecular complexity index is 1460. The number of carbonyl (C=O) groups excluding carboxylic acids is 1. The van der Waals surface area contributed by atoms with Gasteiger partial charge in [-0.1, -0.05) is 18.2 Å². The second-order valence-electron chi connectivity index (χ2n) is 11.4. The number of hydrogen-bond donors (Lipinski definition) is 4. The van der Waals surface area contributed by atoms with Crippen molar-refractivity contribution in [2.75, 3.05) is 12.3 Å². The third-order valence-corrected chi connectivity index (χ3v) is 8.79. The molecule has 0 radical (unpaired) electrons. The molecule has 3 aromatic rings. The number of hydrogen-bond acceptors (Lipinski definition) is 11. The fourth-order valence-electron chi connectivity index (χ4n) is 4.81. The van der Waals surface area contributed by atoms with E-state index in [0.29, 0.717) is 11.2 Å². The van der Waals surface area contributed by atoms with E-state index in [1.807, 2.05) is 0 Å². The first-order valence-electron chi connectivity index (χ1n) is 12.8. The molecule has 5 N–H and O–H groups in total. The first-order chi connectivity index (χ1) is 18.7. The molecule has 2 unspecified atom stereocenters. The molecule has 2 aliphatic rings. The summed E-state index contributed by atoms with van der Waals surface area (Å²) >= 11 is 0. The summed E-state index contributed by atoms with van der Waals surface area (Å²) < 4.78 is 38.5. The van der Waals surface area contributed by atoms with Crippen molar-refractivity contribution in [2.24, 2.45) is 5.41 Å². The number of ether oxygens (including phenoxy) is 2. The molecule has 0 bridgehead atoms. The van der Waals surface area contributed by atoms with Crippen LogP contribution in [0.4, 0.5) is 5.82 Å². The van der Waals surface area contributed by atoms with Crippen molar-refractivity contribution >= 4 is 25.1 Å². The van der Waals surface area contributed by atoms with Crippen molar-refractivity contribution in [3.8, 4) is 5.75 Å². The Hall–Kier alpha value is -3.06. The van der Waals surface area contributed by atoms with Gasteiger partial charge >= 0.3 is 13.7 Å². The maximum absolute atomic E-state index is 14.0. The lowest BCUT2D eigenvalue weighted by molar-refractivity contribution is -0.153. The van der Waals surface area contributed by atoms with E-state index in [-0.39, 0.29) is 18.2 Å². The first kappa shape index (κ1) is 28.5. The lowest BCUT2D eigenvalue weighted by Crippen LogP contribution is -2.46. The van der Waals surface area contributed by atoms with Gasteiger partial charge in [-0.05, 0) is 58.9 Å². The van der Waals surface area contributed by atoms with Crippen LogP contribution in [0.2, 0.25) is 0 Å². The van der Waals surface area contributed by atoms with Gasteiger partial charge in [0.1, 0.15) is 48.1 Å². The highest BCUT2D eigenvalue weighted by Gasteiger charge is 2.82. The van der Waals surface area contributed by atoms with Gasteiger partial charge in [-0.2, -0.15) is 5.10 Å². The Balaban J connectivity index is 1.34. The van der Waals surface area contributed by atoms with Gasteiger partial charge in [0.25, 0.3) is 0 Å². The molecule has 1 aliphatic heterocycles. The lowest BCUT2D eigenvalue weighted by Gasteiger charge is -2.33. The van der Waals surface area contributed by atoms with Crippen molar-refractivity contribution in [2.45, 2.75) is 70.2 Å². The van der Waals surface area contributed by atoms with Crippen LogP contribution in [0.25, 0.3) is 5.52 Å². The van der Waals surface area contributed by atoms with Crippen LogP contribution in [0.3, 0.4) is 0 Å². The molecule has 0 spiro atoms. The number of rotatable bonds is 9. The van der Waals surface area contributed by atoms with Crippen LogP contribution >= 0.6 is 7.75 Å². The van der Waals surface area contributed by atoms with E-state index in [4.69, 9.17) is 24.3 Å². The molecule has 2 fully saturated rings. The van der Waals surface area contributed by atoms with Crippen LogP contribution in [0.1, 0.15) is 40.3 Å². The number of nitrogen functional groups attached to an aromatic ring is 1. The molecular weight excluding hydrogens is 541 g/mol. The van der Waals surface area contributed by atoms with E-state index in [2.05, 4.69) is 15.2 Å². The Kier molecular flexibility index (Phi) is 6.97. The molecule has 2 aromatic heterocycles. The third-order valence-electron chi connectivity index (χ3n) is 7.08. The number of aromatic nitrogens is 3. The molecule has 1 aromatic carbocycles. The zero-order chi connectivity index (χ0) is 29.1. The molecule has 7 atom stereocenters. The van der Waals surface area contributed by atoms with Gasteiger partial charge in [0.15, 0.2) is 11.4 Å². The third kappa shape index (κ3) is 4.87. The predicted octanol–water partition coefficient (Wildman–Crippen LogP) is 2.17. The molecular formula is C26H34N5O8P. The molecule has 13 nitrogen and oxygen atoms in total. The number of aliphatic hydroxyl groups excluding tert-OH is 1. The summed E-state index contributed by atoms with van der Waals surface area (Å²) in [7, 11) is -4.20. The maximum Gasteiger partial charge on any atom is 0.459 e. The molecule has 1 saturated heterocycles. The van der Waals surface area contributed by atoms with Crippen molar-refractivity contribution in [3.63, 3.8) is 0 Å². The molecule has 40 heavy (non-hydrogen) atoms. The summed E-state index contributed by atoms with van der Waals surface area (Å²) in [4.78, 5) is 16.2. The van der Waals surface area contributed by atoms with Crippen LogP contribution in [-0.4, -0.2) is 67.3 Å². The largest absolute Gasteiger partial charge is 0.464 e. The van der Waals surface area contributed by atoms with E-state index >= 15 is 0 Å².